The van der Waals surface area contributed by atoms with Crippen LogP contribution < -0.4 is 20.1 Å². The number of benzene rings is 1. The predicted octanol–water partition coefficient (Wildman–Crippen LogP) is 2.69. The van der Waals surface area contributed by atoms with Gasteiger partial charge in [-0.25, -0.2) is 4.79 Å². The molecule has 0 aliphatic rings. The Labute approximate surface area is 144 Å². The molecule has 1 atom stereocenters. The molecule has 136 valence electrons. The number of ether oxygens (including phenoxy) is 2. The summed E-state index contributed by atoms with van der Waals surface area (Å²) in [6.07, 6.45) is 1.27. The van der Waals surface area contributed by atoms with Gasteiger partial charge in [0.1, 0.15) is 0 Å². The summed E-state index contributed by atoms with van der Waals surface area (Å²) in [5.74, 6) is 1.53. The van der Waals surface area contributed by atoms with Crippen molar-refractivity contribution in [2.24, 2.45) is 5.92 Å². The number of aliphatic hydroxyl groups is 1. The van der Waals surface area contributed by atoms with Gasteiger partial charge in [-0.15, -0.1) is 0 Å². The minimum absolute atomic E-state index is 0.209. The normalized spacial score (nSPS) is 11.9. The summed E-state index contributed by atoms with van der Waals surface area (Å²) in [6.45, 7) is 7.18. The van der Waals surface area contributed by atoms with Crippen molar-refractivity contribution in [3.05, 3.63) is 23.8 Å². The van der Waals surface area contributed by atoms with Crippen LogP contribution in [0, 0.1) is 5.92 Å². The first-order valence-corrected chi connectivity index (χ1v) is 8.55. The Hall–Kier alpha value is -1.95. The van der Waals surface area contributed by atoms with Crippen molar-refractivity contribution < 1.29 is 19.4 Å². The number of carbonyl (C=O) groups is 1. The van der Waals surface area contributed by atoms with Gasteiger partial charge in [0, 0.05) is 13.1 Å². The van der Waals surface area contributed by atoms with Crippen molar-refractivity contribution in [2.75, 3.05) is 20.3 Å². The van der Waals surface area contributed by atoms with Gasteiger partial charge < -0.3 is 25.2 Å². The number of hydrogen-bond acceptors (Lipinski definition) is 4. The zero-order valence-electron chi connectivity index (χ0n) is 15.1. The van der Waals surface area contributed by atoms with Gasteiger partial charge in [-0.1, -0.05) is 32.8 Å². The lowest BCUT2D eigenvalue weighted by atomic mass is 9.97. The molecule has 0 bridgehead atoms. The van der Waals surface area contributed by atoms with Crippen LogP contribution in [0.3, 0.4) is 0 Å². The molecule has 0 fully saturated rings. The van der Waals surface area contributed by atoms with E-state index in [1.165, 1.54) is 0 Å². The predicted molar refractivity (Wildman–Crippen MR) is 94.5 cm³/mol. The number of carbonyl (C=O) groups excluding carboxylic acids is 1. The van der Waals surface area contributed by atoms with Gasteiger partial charge in [-0.2, -0.15) is 0 Å². The van der Waals surface area contributed by atoms with E-state index in [4.69, 9.17) is 9.47 Å². The van der Waals surface area contributed by atoms with E-state index in [-0.39, 0.29) is 18.5 Å². The van der Waals surface area contributed by atoms with Gasteiger partial charge in [0.05, 0.1) is 19.8 Å². The van der Waals surface area contributed by atoms with Crippen LogP contribution in [0.15, 0.2) is 18.2 Å². The fourth-order valence-electron chi connectivity index (χ4n) is 2.54. The number of rotatable bonds is 10. The van der Waals surface area contributed by atoms with Gasteiger partial charge in [0.2, 0.25) is 0 Å². The summed E-state index contributed by atoms with van der Waals surface area (Å²) in [7, 11) is 1.58. The number of methoxy groups -OCH3 is 1. The maximum atomic E-state index is 11.9. The summed E-state index contributed by atoms with van der Waals surface area (Å²) < 4.78 is 10.8. The average Bonchev–Trinajstić information content (AvgIpc) is 2.60. The van der Waals surface area contributed by atoms with Crippen molar-refractivity contribution in [3.63, 3.8) is 0 Å². The summed E-state index contributed by atoms with van der Waals surface area (Å²) >= 11 is 0. The van der Waals surface area contributed by atoms with Crippen LogP contribution in [0.1, 0.15) is 39.2 Å². The zero-order valence-corrected chi connectivity index (χ0v) is 15.1. The molecule has 0 heterocycles. The molecular weight excluding hydrogens is 308 g/mol. The molecule has 0 radical (unpaired) electrons. The highest BCUT2D eigenvalue weighted by Crippen LogP contribution is 2.27. The van der Waals surface area contributed by atoms with E-state index in [0.29, 0.717) is 24.7 Å². The molecule has 1 aromatic rings. The van der Waals surface area contributed by atoms with Crippen molar-refractivity contribution in [1.29, 1.82) is 0 Å². The van der Waals surface area contributed by atoms with Crippen LogP contribution in [-0.2, 0) is 6.54 Å². The number of urea groups is 1. The smallest absolute Gasteiger partial charge is 0.315 e. The summed E-state index contributed by atoms with van der Waals surface area (Å²) in [4.78, 5) is 11.9. The van der Waals surface area contributed by atoms with E-state index in [1.54, 1.807) is 7.11 Å². The van der Waals surface area contributed by atoms with Crippen molar-refractivity contribution in [3.8, 4) is 11.5 Å². The minimum Gasteiger partial charge on any atom is -0.493 e. The second-order valence-electron chi connectivity index (χ2n) is 5.63. The topological polar surface area (TPSA) is 79.8 Å². The molecule has 1 unspecified atom stereocenters. The van der Waals surface area contributed by atoms with E-state index in [2.05, 4.69) is 10.6 Å². The maximum absolute atomic E-state index is 11.9. The lowest BCUT2D eigenvalue weighted by Crippen LogP contribution is -2.41. The number of nitrogens with one attached hydrogen (secondary N) is 2. The van der Waals surface area contributed by atoms with Crippen LogP contribution in [-0.4, -0.2) is 37.5 Å². The molecule has 3 N–H and O–H groups in total. The average molecular weight is 338 g/mol. The molecule has 0 aliphatic carbocycles. The van der Waals surface area contributed by atoms with Crippen molar-refractivity contribution in [1.82, 2.24) is 10.6 Å². The fraction of sp³-hybridized carbons (Fsp3) is 0.611. The standard InChI is InChI=1S/C18H30N2O4/c1-5-14(6-2)15(21)12-20-18(22)19-11-13-8-9-16(24-7-3)17(10-13)23-4/h8-10,14-15,21H,5-7,11-12H2,1-4H3,(H2,19,20,22). The van der Waals surface area contributed by atoms with Crippen LogP contribution in [0.4, 0.5) is 4.79 Å². The molecular formula is C18H30N2O4. The van der Waals surface area contributed by atoms with Crippen LogP contribution >= 0.6 is 0 Å². The number of hydrogen-bond donors (Lipinski definition) is 3. The summed E-state index contributed by atoms with van der Waals surface area (Å²) in [6, 6.07) is 5.25. The molecule has 1 rings (SSSR count). The summed E-state index contributed by atoms with van der Waals surface area (Å²) in [5, 5.41) is 15.5. The Morgan fingerprint density at radius 2 is 1.88 bits per heavy atom. The molecule has 6 nitrogen and oxygen atoms in total. The molecule has 24 heavy (non-hydrogen) atoms. The van der Waals surface area contributed by atoms with E-state index in [9.17, 15) is 9.90 Å². The quantitative estimate of drug-likeness (QED) is 0.613. The zero-order chi connectivity index (χ0) is 17.9. The molecule has 1 aromatic carbocycles. The molecule has 2 amide bonds. The van der Waals surface area contributed by atoms with Gasteiger partial charge in [0.25, 0.3) is 0 Å². The third-order valence-electron chi connectivity index (χ3n) is 4.05. The lowest BCUT2D eigenvalue weighted by Gasteiger charge is -2.20. The Morgan fingerprint density at radius 1 is 1.17 bits per heavy atom. The second kappa shape index (κ2) is 10.8. The largest absolute Gasteiger partial charge is 0.493 e. The third-order valence-corrected chi connectivity index (χ3v) is 4.05. The minimum atomic E-state index is -0.517. The highest BCUT2D eigenvalue weighted by atomic mass is 16.5. The SMILES string of the molecule is CCOc1ccc(CNC(=O)NCC(O)C(CC)CC)cc1OC. The van der Waals surface area contributed by atoms with E-state index in [0.717, 1.165) is 18.4 Å². The summed E-state index contributed by atoms with van der Waals surface area (Å²) in [5.41, 5.74) is 0.908. The van der Waals surface area contributed by atoms with Crippen LogP contribution in [0.5, 0.6) is 11.5 Å². The van der Waals surface area contributed by atoms with Gasteiger partial charge >= 0.3 is 6.03 Å². The highest BCUT2D eigenvalue weighted by molar-refractivity contribution is 5.73. The molecule has 0 aromatic heterocycles. The van der Waals surface area contributed by atoms with E-state index < -0.39 is 6.10 Å². The Morgan fingerprint density at radius 3 is 2.46 bits per heavy atom. The first-order valence-electron chi connectivity index (χ1n) is 8.55. The van der Waals surface area contributed by atoms with Gasteiger partial charge in [-0.05, 0) is 30.5 Å². The Bertz CT molecular complexity index is 504. The van der Waals surface area contributed by atoms with E-state index >= 15 is 0 Å². The number of aliphatic hydroxyl groups excluding tert-OH is 1. The lowest BCUT2D eigenvalue weighted by molar-refractivity contribution is 0.103. The first-order chi connectivity index (χ1) is 11.5. The second-order valence-corrected chi connectivity index (χ2v) is 5.63. The molecule has 0 saturated carbocycles. The molecule has 0 spiro atoms. The Balaban J connectivity index is 2.46. The third kappa shape index (κ3) is 6.28. The molecule has 0 saturated heterocycles. The monoisotopic (exact) mass is 338 g/mol. The van der Waals surface area contributed by atoms with E-state index in [1.807, 2.05) is 39.0 Å². The van der Waals surface area contributed by atoms with Crippen molar-refractivity contribution in [2.45, 2.75) is 46.3 Å². The van der Waals surface area contributed by atoms with Crippen molar-refractivity contribution >= 4 is 6.03 Å². The highest BCUT2D eigenvalue weighted by Gasteiger charge is 2.16. The van der Waals surface area contributed by atoms with Crippen LogP contribution in [0.25, 0.3) is 0 Å². The Kier molecular flexibility index (Phi) is 9.01. The number of amides is 2. The van der Waals surface area contributed by atoms with Gasteiger partial charge in [-0.3, -0.25) is 0 Å². The molecule has 6 heteroatoms. The maximum Gasteiger partial charge on any atom is 0.315 e. The van der Waals surface area contributed by atoms with Crippen LogP contribution in [0.2, 0.25) is 0 Å². The van der Waals surface area contributed by atoms with Gasteiger partial charge in [0.15, 0.2) is 11.5 Å². The molecule has 0 aliphatic heterocycles. The fourth-order valence-corrected chi connectivity index (χ4v) is 2.54. The first kappa shape index (κ1) is 20.1.